The zero-order valence-electron chi connectivity index (χ0n) is 26.4. The summed E-state index contributed by atoms with van der Waals surface area (Å²) < 4.78 is 7.47. The van der Waals surface area contributed by atoms with Gasteiger partial charge in [0.2, 0.25) is 0 Å². The van der Waals surface area contributed by atoms with Crippen LogP contribution in [0.3, 0.4) is 0 Å². The summed E-state index contributed by atoms with van der Waals surface area (Å²) in [5, 5.41) is 0. The van der Waals surface area contributed by atoms with Gasteiger partial charge >= 0.3 is 11.7 Å². The fraction of sp³-hybridized carbons (Fsp3) is 0.529. The highest BCUT2D eigenvalue weighted by molar-refractivity contribution is 5.94. The van der Waals surface area contributed by atoms with Gasteiger partial charge in [-0.05, 0) is 82.8 Å². The molecule has 0 atom stereocenters. The number of hydrogen-bond donors (Lipinski definition) is 1. The van der Waals surface area contributed by atoms with Crippen LogP contribution in [-0.4, -0.2) is 74.4 Å². The molecule has 1 aliphatic rings. The molecular weight excluding hydrogens is 540 g/mol. The van der Waals surface area contributed by atoms with E-state index in [0.717, 1.165) is 88.9 Å². The van der Waals surface area contributed by atoms with Crippen LogP contribution in [0.5, 0.6) is 6.01 Å². The second-order valence-electron chi connectivity index (χ2n) is 11.5. The highest BCUT2D eigenvalue weighted by Gasteiger charge is 2.15. The van der Waals surface area contributed by atoms with Crippen LogP contribution in [-0.2, 0) is 13.1 Å². The van der Waals surface area contributed by atoms with Crippen LogP contribution in [0.2, 0.25) is 0 Å². The average molecular weight is 591 g/mol. The fourth-order valence-electron chi connectivity index (χ4n) is 5.45. The second-order valence-corrected chi connectivity index (χ2v) is 11.5. The van der Waals surface area contributed by atoms with Crippen molar-refractivity contribution >= 4 is 16.9 Å². The van der Waals surface area contributed by atoms with Crippen LogP contribution in [0.15, 0.2) is 52.9 Å². The van der Waals surface area contributed by atoms with Crippen molar-refractivity contribution in [1.29, 1.82) is 0 Å². The lowest BCUT2D eigenvalue weighted by Gasteiger charge is -2.26. The number of allylic oxidation sites excluding steroid dienone is 3. The van der Waals surface area contributed by atoms with E-state index in [2.05, 4.69) is 62.9 Å². The van der Waals surface area contributed by atoms with E-state index in [-0.39, 0.29) is 12.9 Å². The number of ketones is 1. The molecule has 0 bridgehead atoms. The Morgan fingerprint density at radius 2 is 1.81 bits per heavy atom. The van der Waals surface area contributed by atoms with E-state index in [1.54, 1.807) is 11.5 Å². The standard InChI is InChI=1S/C34H48N6O3.H2/c1-5-7-23-43-33-35-26(3)31-32(37-33)40(34(42)36-31)21-11-20-39(25-29-14-9-15-30(24-29)27(4)41)19-10-18-38(17-6-2)22-16-28-12-8-13-28;/h8-9,12-15,24H,5-7,10-11,16-23,25H2,1-4H3,(H,36,42);1H. The maximum absolute atomic E-state index is 12.9. The minimum Gasteiger partial charge on any atom is -0.463 e. The molecule has 9 nitrogen and oxygen atoms in total. The minimum atomic E-state index is -0.176. The monoisotopic (exact) mass is 590 g/mol. The number of aromatic amines is 1. The van der Waals surface area contributed by atoms with Gasteiger partial charge in [-0.3, -0.25) is 14.3 Å². The molecule has 0 unspecified atom stereocenters. The number of Topliss-reactive ketones (excluding diaryl/α,β-unsaturated/α-hetero) is 1. The molecule has 0 amide bonds. The van der Waals surface area contributed by atoms with Crippen molar-refractivity contribution in [2.45, 2.75) is 79.3 Å². The molecule has 0 saturated carbocycles. The van der Waals surface area contributed by atoms with Crippen molar-refractivity contribution in [1.82, 2.24) is 29.3 Å². The minimum absolute atomic E-state index is 0. The maximum Gasteiger partial charge on any atom is 0.327 e. The molecule has 3 aromatic rings. The van der Waals surface area contributed by atoms with E-state index >= 15 is 0 Å². The Balaban J connectivity index is 0.00000529. The number of aromatic nitrogens is 4. The van der Waals surface area contributed by atoms with Crippen molar-refractivity contribution in [2.24, 2.45) is 0 Å². The zero-order chi connectivity index (χ0) is 30.6. The smallest absolute Gasteiger partial charge is 0.327 e. The van der Waals surface area contributed by atoms with Crippen molar-refractivity contribution in [3.63, 3.8) is 0 Å². The number of aryl methyl sites for hydroxylation is 2. The SMILES string of the molecule is CCCCOc1nc(C)c2[nH]c(=O)n(CCCN(CCCN(CCC)CCC3=CC=C3)Cc3cccc(C(C)=O)c3)c2n1.[HH]. The molecule has 1 aliphatic carbocycles. The quantitative estimate of drug-likeness (QED) is 0.129. The largest absolute Gasteiger partial charge is 0.463 e. The lowest BCUT2D eigenvalue weighted by atomic mass is 10.0. The summed E-state index contributed by atoms with van der Waals surface area (Å²) in [6.07, 6.45) is 12.6. The Hall–Kier alpha value is -3.56. The molecule has 0 spiro atoms. The summed E-state index contributed by atoms with van der Waals surface area (Å²) in [6, 6.07) is 8.25. The third-order valence-electron chi connectivity index (χ3n) is 7.93. The van der Waals surface area contributed by atoms with Gasteiger partial charge in [0.1, 0.15) is 5.52 Å². The molecular formula is C34H50N6O3. The van der Waals surface area contributed by atoms with Gasteiger partial charge in [-0.1, -0.05) is 56.7 Å². The maximum atomic E-state index is 12.9. The van der Waals surface area contributed by atoms with E-state index in [0.29, 0.717) is 36.0 Å². The number of ether oxygens (including phenoxy) is 1. The molecule has 1 N–H and O–H groups in total. The van der Waals surface area contributed by atoms with E-state index < -0.39 is 0 Å². The Morgan fingerprint density at radius 3 is 2.53 bits per heavy atom. The molecule has 0 aliphatic heterocycles. The lowest BCUT2D eigenvalue weighted by molar-refractivity contribution is 0.101. The molecule has 2 heterocycles. The normalized spacial score (nSPS) is 12.7. The van der Waals surface area contributed by atoms with E-state index in [4.69, 9.17) is 4.74 Å². The first-order valence-electron chi connectivity index (χ1n) is 15.9. The number of H-pyrrole nitrogens is 1. The predicted molar refractivity (Wildman–Crippen MR) is 175 cm³/mol. The number of unbranched alkanes of at least 4 members (excludes halogenated alkanes) is 1. The van der Waals surface area contributed by atoms with Crippen molar-refractivity contribution in [2.75, 3.05) is 39.3 Å². The third kappa shape index (κ3) is 9.46. The molecule has 2 aromatic heterocycles. The topological polar surface area (TPSA) is 96.4 Å². The summed E-state index contributed by atoms with van der Waals surface area (Å²) >= 11 is 0. The number of fused-ring (bicyclic) bond motifs is 1. The van der Waals surface area contributed by atoms with Gasteiger partial charge in [0.15, 0.2) is 11.4 Å². The Bertz CT molecular complexity index is 1480. The fourth-order valence-corrected chi connectivity index (χ4v) is 5.45. The van der Waals surface area contributed by atoms with Crippen molar-refractivity contribution in [3.8, 4) is 6.01 Å². The molecule has 0 radical (unpaired) electrons. The number of carbonyl (C=O) groups is 1. The highest BCUT2D eigenvalue weighted by atomic mass is 16.5. The number of nitrogens with one attached hydrogen (secondary N) is 1. The summed E-state index contributed by atoms with van der Waals surface area (Å²) in [6.45, 7) is 14.7. The Labute approximate surface area is 257 Å². The van der Waals surface area contributed by atoms with Gasteiger partial charge < -0.3 is 14.6 Å². The predicted octanol–water partition coefficient (Wildman–Crippen LogP) is 5.94. The molecule has 9 heteroatoms. The summed E-state index contributed by atoms with van der Waals surface area (Å²) in [5.41, 5.74) is 5.09. The molecule has 0 saturated heterocycles. The van der Waals surface area contributed by atoms with Gasteiger partial charge in [0.05, 0.1) is 12.3 Å². The Kier molecular flexibility index (Phi) is 12.3. The Morgan fingerprint density at radius 1 is 1.02 bits per heavy atom. The van der Waals surface area contributed by atoms with Crippen LogP contribution in [0.4, 0.5) is 0 Å². The molecule has 4 rings (SSSR count). The van der Waals surface area contributed by atoms with Crippen LogP contribution in [0.25, 0.3) is 11.2 Å². The first-order valence-corrected chi connectivity index (χ1v) is 15.9. The molecule has 0 fully saturated rings. The first kappa shape index (κ1) is 32.4. The molecule has 1 aromatic carbocycles. The lowest BCUT2D eigenvalue weighted by Crippen LogP contribution is -2.32. The van der Waals surface area contributed by atoms with E-state index in [1.165, 1.54) is 5.57 Å². The van der Waals surface area contributed by atoms with Gasteiger partial charge in [-0.15, -0.1) is 0 Å². The number of benzene rings is 1. The second kappa shape index (κ2) is 16.3. The van der Waals surface area contributed by atoms with Crippen LogP contribution >= 0.6 is 0 Å². The molecule has 234 valence electrons. The van der Waals surface area contributed by atoms with Crippen molar-refractivity contribution < 1.29 is 11.0 Å². The van der Waals surface area contributed by atoms with Crippen molar-refractivity contribution in [3.05, 3.63) is 75.4 Å². The number of nitrogens with zero attached hydrogens (tertiary/aromatic N) is 5. The number of imidazole rings is 1. The van der Waals surface area contributed by atoms with Gasteiger partial charge in [-0.25, -0.2) is 4.79 Å². The number of hydrogen-bond acceptors (Lipinski definition) is 7. The summed E-state index contributed by atoms with van der Waals surface area (Å²) in [4.78, 5) is 41.9. The van der Waals surface area contributed by atoms with E-state index in [9.17, 15) is 9.59 Å². The zero-order valence-corrected chi connectivity index (χ0v) is 26.4. The molecule has 43 heavy (non-hydrogen) atoms. The number of rotatable bonds is 20. The van der Waals surface area contributed by atoms with Gasteiger partial charge in [0.25, 0.3) is 0 Å². The highest BCUT2D eigenvalue weighted by Crippen LogP contribution is 2.17. The first-order chi connectivity index (χ1) is 20.9. The third-order valence-corrected chi connectivity index (χ3v) is 7.93. The van der Waals surface area contributed by atoms with Gasteiger partial charge in [-0.2, -0.15) is 9.97 Å². The van der Waals surface area contributed by atoms with E-state index in [1.807, 2.05) is 25.1 Å². The summed E-state index contributed by atoms with van der Waals surface area (Å²) in [7, 11) is 0. The number of carbonyl (C=O) groups excluding carboxylic acids is 1. The average Bonchev–Trinajstić information content (AvgIpc) is 3.27. The van der Waals surface area contributed by atoms with Crippen LogP contribution in [0, 0.1) is 6.92 Å². The van der Waals surface area contributed by atoms with Crippen LogP contribution in [0.1, 0.15) is 82.3 Å². The van der Waals surface area contributed by atoms with Crippen LogP contribution < -0.4 is 10.4 Å². The summed E-state index contributed by atoms with van der Waals surface area (Å²) in [5.74, 6) is 0.0778. The van der Waals surface area contributed by atoms with Gasteiger partial charge in [0, 0.05) is 33.2 Å².